The third-order valence-electron chi connectivity index (χ3n) is 10.6. The number of para-hydroxylation sites is 2. The predicted octanol–water partition coefficient (Wildman–Crippen LogP) is 14.1. The van der Waals surface area contributed by atoms with E-state index in [-0.39, 0.29) is 0 Å². The van der Waals surface area contributed by atoms with Gasteiger partial charge in [-0.1, -0.05) is 164 Å². The van der Waals surface area contributed by atoms with E-state index in [1.54, 1.807) is 11.3 Å². The van der Waals surface area contributed by atoms with Crippen LogP contribution in [0.1, 0.15) is 0 Å². The van der Waals surface area contributed by atoms with Crippen molar-refractivity contribution in [3.8, 4) is 67.5 Å². The molecule has 0 saturated carbocycles. The Balaban J connectivity index is 1.05. The summed E-state index contributed by atoms with van der Waals surface area (Å²) >= 11 is 1.80. The largest absolute Gasteiger partial charge is 0.455 e. The van der Waals surface area contributed by atoms with Crippen LogP contribution in [0.2, 0.25) is 0 Å². The highest BCUT2D eigenvalue weighted by molar-refractivity contribution is 7.26. The van der Waals surface area contributed by atoms with Gasteiger partial charge in [0, 0.05) is 53.2 Å². The molecular weight excluding hydrogens is 703 g/mol. The molecule has 0 saturated heterocycles. The molecule has 0 atom stereocenters. The maximum Gasteiger partial charge on any atom is 0.164 e. The number of nitrogens with zero attached hydrogens (tertiary/aromatic N) is 3. The second-order valence-corrected chi connectivity index (χ2v) is 15.0. The molecular formula is C51H31N3OS. The van der Waals surface area contributed by atoms with Gasteiger partial charge in [-0.25, -0.2) is 15.0 Å². The Morgan fingerprint density at radius 2 is 0.893 bits per heavy atom. The number of fused-ring (bicyclic) bond motifs is 6. The smallest absolute Gasteiger partial charge is 0.164 e. The Morgan fingerprint density at radius 1 is 0.339 bits per heavy atom. The lowest BCUT2D eigenvalue weighted by Gasteiger charge is -2.12. The minimum atomic E-state index is 0.640. The lowest BCUT2D eigenvalue weighted by molar-refractivity contribution is 0.670. The van der Waals surface area contributed by atoms with Crippen LogP contribution in [0.5, 0.6) is 0 Å². The molecule has 0 unspecified atom stereocenters. The average Bonchev–Trinajstić information content (AvgIpc) is 3.85. The van der Waals surface area contributed by atoms with Crippen LogP contribution >= 0.6 is 11.3 Å². The Hall–Kier alpha value is -7.21. The van der Waals surface area contributed by atoms with Gasteiger partial charge in [0.05, 0.1) is 0 Å². The van der Waals surface area contributed by atoms with E-state index < -0.39 is 0 Å². The van der Waals surface area contributed by atoms with E-state index >= 15 is 0 Å². The molecule has 3 aromatic heterocycles. The van der Waals surface area contributed by atoms with Crippen LogP contribution in [0.4, 0.5) is 0 Å². The Morgan fingerprint density at radius 3 is 1.70 bits per heavy atom. The van der Waals surface area contributed by atoms with Gasteiger partial charge in [-0.2, -0.15) is 0 Å². The zero-order valence-corrected chi connectivity index (χ0v) is 30.9. The van der Waals surface area contributed by atoms with Crippen molar-refractivity contribution < 1.29 is 4.42 Å². The standard InChI is InChI=1S/C51H31N3OS/c1-3-14-32(15-4-1)34-18-11-19-35(30-34)50-52-49(33-16-5-2-6-17-33)53-51(54-50)36-28-29-43-46(31-36)56-45-27-13-23-40(47(43)45)37-20-7-8-21-38(37)41-24-12-25-42-39-22-9-10-26-44(39)55-48(41)42/h1-31H. The van der Waals surface area contributed by atoms with E-state index in [9.17, 15) is 0 Å². The summed E-state index contributed by atoms with van der Waals surface area (Å²) in [5.41, 5.74) is 11.5. The first-order chi connectivity index (χ1) is 27.7. The molecule has 0 bridgehead atoms. The molecule has 0 amide bonds. The molecule has 262 valence electrons. The molecule has 0 aliphatic heterocycles. The van der Waals surface area contributed by atoms with Crippen molar-refractivity contribution in [1.29, 1.82) is 0 Å². The summed E-state index contributed by atoms with van der Waals surface area (Å²) in [6, 6.07) is 65.6. The molecule has 11 rings (SSSR count). The third-order valence-corrected chi connectivity index (χ3v) is 11.7. The monoisotopic (exact) mass is 733 g/mol. The molecule has 0 radical (unpaired) electrons. The molecule has 8 aromatic carbocycles. The Bertz CT molecular complexity index is 3260. The first-order valence-electron chi connectivity index (χ1n) is 18.7. The lowest BCUT2D eigenvalue weighted by Crippen LogP contribution is -2.00. The van der Waals surface area contributed by atoms with Crippen LogP contribution in [0.25, 0.3) is 110 Å². The van der Waals surface area contributed by atoms with E-state index in [1.807, 2.05) is 48.5 Å². The Labute approximate surface area is 327 Å². The molecule has 4 nitrogen and oxygen atoms in total. The van der Waals surface area contributed by atoms with Crippen molar-refractivity contribution in [3.63, 3.8) is 0 Å². The van der Waals surface area contributed by atoms with E-state index in [0.717, 1.165) is 60.9 Å². The van der Waals surface area contributed by atoms with E-state index in [4.69, 9.17) is 19.4 Å². The number of hydrogen-bond donors (Lipinski definition) is 0. The van der Waals surface area contributed by atoms with Gasteiger partial charge >= 0.3 is 0 Å². The molecule has 0 fully saturated rings. The fraction of sp³-hybridized carbons (Fsp3) is 0. The normalized spacial score (nSPS) is 11.6. The summed E-state index contributed by atoms with van der Waals surface area (Å²) in [7, 11) is 0. The lowest BCUT2D eigenvalue weighted by atomic mass is 9.91. The van der Waals surface area contributed by atoms with Crippen LogP contribution in [0, 0.1) is 0 Å². The van der Waals surface area contributed by atoms with E-state index in [2.05, 4.69) is 140 Å². The number of aromatic nitrogens is 3. The highest BCUT2D eigenvalue weighted by Crippen LogP contribution is 2.45. The van der Waals surface area contributed by atoms with Crippen LogP contribution < -0.4 is 0 Å². The highest BCUT2D eigenvalue weighted by Gasteiger charge is 2.19. The fourth-order valence-electron chi connectivity index (χ4n) is 7.92. The van der Waals surface area contributed by atoms with Gasteiger partial charge in [-0.3, -0.25) is 0 Å². The summed E-state index contributed by atoms with van der Waals surface area (Å²) in [6.07, 6.45) is 0. The second kappa shape index (κ2) is 13.3. The maximum atomic E-state index is 6.51. The van der Waals surface area contributed by atoms with E-state index in [0.29, 0.717) is 17.5 Å². The maximum absolute atomic E-state index is 6.51. The minimum absolute atomic E-state index is 0.640. The van der Waals surface area contributed by atoms with Gasteiger partial charge in [0.15, 0.2) is 17.5 Å². The van der Waals surface area contributed by atoms with Crippen molar-refractivity contribution in [2.75, 3.05) is 0 Å². The summed E-state index contributed by atoms with van der Waals surface area (Å²) < 4.78 is 8.92. The first kappa shape index (κ1) is 32.2. The van der Waals surface area contributed by atoms with Gasteiger partial charge in [-0.15, -0.1) is 11.3 Å². The molecule has 0 N–H and O–H groups in total. The van der Waals surface area contributed by atoms with Crippen LogP contribution in [-0.2, 0) is 0 Å². The minimum Gasteiger partial charge on any atom is -0.455 e. The molecule has 0 aliphatic carbocycles. The Kier molecular flexibility index (Phi) is 7.64. The highest BCUT2D eigenvalue weighted by atomic mass is 32.1. The van der Waals surface area contributed by atoms with Gasteiger partial charge in [0.25, 0.3) is 0 Å². The van der Waals surface area contributed by atoms with Crippen molar-refractivity contribution in [2.45, 2.75) is 0 Å². The summed E-state index contributed by atoms with van der Waals surface area (Å²) in [4.78, 5) is 15.2. The van der Waals surface area contributed by atoms with Crippen LogP contribution in [0.15, 0.2) is 192 Å². The van der Waals surface area contributed by atoms with Crippen molar-refractivity contribution in [1.82, 2.24) is 15.0 Å². The molecule has 11 aromatic rings. The summed E-state index contributed by atoms with van der Waals surface area (Å²) in [6.45, 7) is 0. The van der Waals surface area contributed by atoms with Crippen LogP contribution in [0.3, 0.4) is 0 Å². The van der Waals surface area contributed by atoms with Crippen molar-refractivity contribution in [3.05, 3.63) is 188 Å². The average molecular weight is 734 g/mol. The molecule has 56 heavy (non-hydrogen) atoms. The third kappa shape index (κ3) is 5.48. The van der Waals surface area contributed by atoms with Gasteiger partial charge in [-0.05, 0) is 52.1 Å². The zero-order chi connectivity index (χ0) is 37.0. The van der Waals surface area contributed by atoms with Gasteiger partial charge < -0.3 is 4.42 Å². The predicted molar refractivity (Wildman–Crippen MR) is 233 cm³/mol. The number of benzene rings is 8. The number of hydrogen-bond acceptors (Lipinski definition) is 5. The molecule has 5 heteroatoms. The molecule has 0 spiro atoms. The second-order valence-electron chi connectivity index (χ2n) is 13.9. The van der Waals surface area contributed by atoms with Gasteiger partial charge in [0.2, 0.25) is 0 Å². The van der Waals surface area contributed by atoms with Gasteiger partial charge in [0.1, 0.15) is 11.2 Å². The van der Waals surface area contributed by atoms with Crippen molar-refractivity contribution >= 4 is 53.4 Å². The fourth-order valence-corrected chi connectivity index (χ4v) is 9.09. The summed E-state index contributed by atoms with van der Waals surface area (Å²) in [5, 5.41) is 4.70. The SMILES string of the molecule is c1ccc(-c2cccc(-c3nc(-c4ccccc4)nc(-c4ccc5c(c4)sc4cccc(-c6ccccc6-c6cccc7c6oc6ccccc67)c45)n3)c2)cc1. The van der Waals surface area contributed by atoms with Crippen molar-refractivity contribution in [2.24, 2.45) is 0 Å². The first-order valence-corrected chi connectivity index (χ1v) is 19.5. The molecule has 0 aliphatic rings. The van der Waals surface area contributed by atoms with E-state index in [1.165, 1.54) is 31.3 Å². The number of rotatable bonds is 6. The summed E-state index contributed by atoms with van der Waals surface area (Å²) in [5.74, 6) is 1.93. The molecule has 3 heterocycles. The zero-order valence-electron chi connectivity index (χ0n) is 30.1. The quantitative estimate of drug-likeness (QED) is 0.171. The topological polar surface area (TPSA) is 51.8 Å². The number of thiophene rings is 1. The number of furan rings is 1. The van der Waals surface area contributed by atoms with Crippen LogP contribution in [-0.4, -0.2) is 15.0 Å².